The van der Waals surface area contributed by atoms with Crippen LogP contribution in [0, 0.1) is 0 Å². The molecular formula is C10H17N3O2. The van der Waals surface area contributed by atoms with Crippen LogP contribution < -0.4 is 5.32 Å². The van der Waals surface area contributed by atoms with E-state index in [2.05, 4.69) is 10.3 Å². The van der Waals surface area contributed by atoms with Crippen LogP contribution in [0.3, 0.4) is 0 Å². The van der Waals surface area contributed by atoms with Gasteiger partial charge in [0.15, 0.2) is 0 Å². The van der Waals surface area contributed by atoms with Crippen LogP contribution in [0.25, 0.3) is 0 Å². The first kappa shape index (κ1) is 11.7. The monoisotopic (exact) mass is 211 g/mol. The molecule has 84 valence electrons. The maximum Gasteiger partial charge on any atom is 0.303 e. The summed E-state index contributed by atoms with van der Waals surface area (Å²) in [6, 6.07) is 0.240. The molecule has 0 aliphatic carbocycles. The van der Waals surface area contributed by atoms with Gasteiger partial charge in [-0.05, 0) is 13.3 Å². The van der Waals surface area contributed by atoms with Crippen molar-refractivity contribution in [2.45, 2.75) is 32.4 Å². The summed E-state index contributed by atoms with van der Waals surface area (Å²) in [7, 11) is 0. The molecule has 1 heterocycles. The molecule has 1 unspecified atom stereocenters. The molecule has 1 atom stereocenters. The fourth-order valence-corrected chi connectivity index (χ4v) is 1.30. The van der Waals surface area contributed by atoms with Crippen LogP contribution >= 0.6 is 0 Å². The summed E-state index contributed by atoms with van der Waals surface area (Å²) in [5.74, 6) is -0.738. The quantitative estimate of drug-likeness (QED) is 0.697. The van der Waals surface area contributed by atoms with E-state index in [0.717, 1.165) is 13.1 Å². The van der Waals surface area contributed by atoms with Crippen LogP contribution in [-0.4, -0.2) is 33.2 Å². The van der Waals surface area contributed by atoms with Crippen LogP contribution in [0.2, 0.25) is 0 Å². The number of nitrogens with one attached hydrogen (secondary N) is 1. The number of rotatable bonds is 7. The SMILES string of the molecule is CC(CCC(=O)O)NCCn1ccnc1. The van der Waals surface area contributed by atoms with Crippen LogP contribution in [0.4, 0.5) is 0 Å². The van der Waals surface area contributed by atoms with Crippen molar-refractivity contribution in [3.05, 3.63) is 18.7 Å². The summed E-state index contributed by atoms with van der Waals surface area (Å²) >= 11 is 0. The van der Waals surface area contributed by atoms with Gasteiger partial charge in [0, 0.05) is 37.9 Å². The zero-order valence-corrected chi connectivity index (χ0v) is 8.89. The Kier molecular flexibility index (Phi) is 4.83. The zero-order chi connectivity index (χ0) is 11.1. The van der Waals surface area contributed by atoms with Gasteiger partial charge in [-0.3, -0.25) is 4.79 Å². The topological polar surface area (TPSA) is 67.2 Å². The highest BCUT2D eigenvalue weighted by molar-refractivity contribution is 5.66. The average Bonchev–Trinajstić information content (AvgIpc) is 2.67. The third kappa shape index (κ3) is 5.17. The van der Waals surface area contributed by atoms with E-state index in [-0.39, 0.29) is 12.5 Å². The molecular weight excluding hydrogens is 194 g/mol. The lowest BCUT2D eigenvalue weighted by Crippen LogP contribution is -2.29. The van der Waals surface area contributed by atoms with Crippen LogP contribution in [0.5, 0.6) is 0 Å². The molecule has 2 N–H and O–H groups in total. The Labute approximate surface area is 89.1 Å². The predicted molar refractivity (Wildman–Crippen MR) is 56.6 cm³/mol. The molecule has 1 aromatic heterocycles. The Balaban J connectivity index is 2.06. The highest BCUT2D eigenvalue weighted by Crippen LogP contribution is 1.96. The van der Waals surface area contributed by atoms with E-state index in [4.69, 9.17) is 5.11 Å². The molecule has 0 spiro atoms. The van der Waals surface area contributed by atoms with E-state index in [1.165, 1.54) is 0 Å². The molecule has 5 heteroatoms. The van der Waals surface area contributed by atoms with Gasteiger partial charge in [-0.2, -0.15) is 0 Å². The highest BCUT2D eigenvalue weighted by Gasteiger charge is 2.03. The van der Waals surface area contributed by atoms with E-state index in [1.807, 2.05) is 17.7 Å². The first-order chi connectivity index (χ1) is 7.18. The second kappa shape index (κ2) is 6.19. The number of hydrogen-bond acceptors (Lipinski definition) is 3. The summed E-state index contributed by atoms with van der Waals surface area (Å²) in [4.78, 5) is 14.3. The molecule has 0 saturated carbocycles. The van der Waals surface area contributed by atoms with E-state index >= 15 is 0 Å². The standard InChI is InChI=1S/C10H17N3O2/c1-9(2-3-10(14)15)12-5-7-13-6-4-11-8-13/h4,6,8-9,12H,2-3,5,7H2,1H3,(H,14,15). The molecule has 15 heavy (non-hydrogen) atoms. The first-order valence-corrected chi connectivity index (χ1v) is 5.09. The number of hydrogen-bond donors (Lipinski definition) is 2. The van der Waals surface area contributed by atoms with Gasteiger partial charge in [0.2, 0.25) is 0 Å². The summed E-state index contributed by atoms with van der Waals surface area (Å²) in [5.41, 5.74) is 0. The zero-order valence-electron chi connectivity index (χ0n) is 8.89. The number of nitrogens with zero attached hydrogens (tertiary/aromatic N) is 2. The minimum absolute atomic E-state index is 0.221. The normalized spacial score (nSPS) is 12.6. The van der Waals surface area contributed by atoms with Gasteiger partial charge in [0.05, 0.1) is 6.33 Å². The number of carboxylic acid groups (broad SMARTS) is 1. The van der Waals surface area contributed by atoms with Crippen molar-refractivity contribution >= 4 is 5.97 Å². The molecule has 0 aliphatic rings. The van der Waals surface area contributed by atoms with Gasteiger partial charge in [-0.1, -0.05) is 0 Å². The Bertz CT molecular complexity index is 285. The number of carboxylic acids is 1. The first-order valence-electron chi connectivity index (χ1n) is 5.09. The summed E-state index contributed by atoms with van der Waals surface area (Å²) in [5, 5.41) is 11.8. The lowest BCUT2D eigenvalue weighted by atomic mass is 10.2. The van der Waals surface area contributed by atoms with Crippen molar-refractivity contribution in [1.29, 1.82) is 0 Å². The van der Waals surface area contributed by atoms with Crippen molar-refractivity contribution in [3.8, 4) is 0 Å². The van der Waals surface area contributed by atoms with Crippen LogP contribution in [0.1, 0.15) is 19.8 Å². The Morgan fingerprint density at radius 2 is 2.47 bits per heavy atom. The van der Waals surface area contributed by atoms with Crippen molar-refractivity contribution in [3.63, 3.8) is 0 Å². The predicted octanol–water partition coefficient (Wildman–Crippen LogP) is 0.726. The van der Waals surface area contributed by atoms with Gasteiger partial charge >= 0.3 is 5.97 Å². The van der Waals surface area contributed by atoms with E-state index < -0.39 is 5.97 Å². The molecule has 1 aromatic rings. The van der Waals surface area contributed by atoms with Gasteiger partial charge in [-0.25, -0.2) is 4.98 Å². The molecule has 0 amide bonds. The second-order valence-electron chi connectivity index (χ2n) is 3.59. The van der Waals surface area contributed by atoms with E-state index in [0.29, 0.717) is 6.42 Å². The molecule has 5 nitrogen and oxygen atoms in total. The molecule has 0 aliphatic heterocycles. The number of aromatic nitrogens is 2. The molecule has 0 fully saturated rings. The van der Waals surface area contributed by atoms with Crippen LogP contribution in [-0.2, 0) is 11.3 Å². The van der Waals surface area contributed by atoms with E-state index in [1.54, 1.807) is 12.5 Å². The van der Waals surface area contributed by atoms with Crippen LogP contribution in [0.15, 0.2) is 18.7 Å². The Morgan fingerprint density at radius 1 is 1.67 bits per heavy atom. The van der Waals surface area contributed by atoms with Gasteiger partial charge in [-0.15, -0.1) is 0 Å². The van der Waals surface area contributed by atoms with Crippen molar-refractivity contribution < 1.29 is 9.90 Å². The summed E-state index contributed by atoms with van der Waals surface area (Å²) < 4.78 is 1.98. The number of carbonyl (C=O) groups is 1. The van der Waals surface area contributed by atoms with Gasteiger partial charge < -0.3 is 15.0 Å². The van der Waals surface area contributed by atoms with Gasteiger partial charge in [0.1, 0.15) is 0 Å². The lowest BCUT2D eigenvalue weighted by molar-refractivity contribution is -0.137. The summed E-state index contributed by atoms with van der Waals surface area (Å²) in [6.45, 7) is 3.69. The molecule has 0 radical (unpaired) electrons. The maximum absolute atomic E-state index is 10.3. The second-order valence-corrected chi connectivity index (χ2v) is 3.59. The van der Waals surface area contributed by atoms with E-state index in [9.17, 15) is 4.79 Å². The smallest absolute Gasteiger partial charge is 0.303 e. The Hall–Kier alpha value is -1.36. The minimum Gasteiger partial charge on any atom is -0.481 e. The number of imidazole rings is 1. The van der Waals surface area contributed by atoms with Crippen molar-refractivity contribution in [2.75, 3.05) is 6.54 Å². The Morgan fingerprint density at radius 3 is 3.07 bits per heavy atom. The van der Waals surface area contributed by atoms with Crippen molar-refractivity contribution in [1.82, 2.24) is 14.9 Å². The summed E-state index contributed by atoms with van der Waals surface area (Å²) in [6.07, 6.45) is 6.31. The molecule has 0 aromatic carbocycles. The average molecular weight is 211 g/mol. The fourth-order valence-electron chi connectivity index (χ4n) is 1.30. The fraction of sp³-hybridized carbons (Fsp3) is 0.600. The van der Waals surface area contributed by atoms with Crippen molar-refractivity contribution in [2.24, 2.45) is 0 Å². The molecule has 0 bridgehead atoms. The lowest BCUT2D eigenvalue weighted by Gasteiger charge is -2.12. The number of aliphatic carboxylic acids is 1. The third-order valence-electron chi connectivity index (χ3n) is 2.21. The minimum atomic E-state index is -0.738. The largest absolute Gasteiger partial charge is 0.481 e. The molecule has 0 saturated heterocycles. The molecule has 1 rings (SSSR count). The maximum atomic E-state index is 10.3. The van der Waals surface area contributed by atoms with Gasteiger partial charge in [0.25, 0.3) is 0 Å². The third-order valence-corrected chi connectivity index (χ3v) is 2.21. The highest BCUT2D eigenvalue weighted by atomic mass is 16.4.